The van der Waals surface area contributed by atoms with Crippen molar-refractivity contribution in [1.29, 1.82) is 0 Å². The lowest BCUT2D eigenvalue weighted by atomic mass is 10.1. The molecule has 0 radical (unpaired) electrons. The minimum atomic E-state index is 0.613. The van der Waals surface area contributed by atoms with E-state index in [0.717, 1.165) is 13.1 Å². The summed E-state index contributed by atoms with van der Waals surface area (Å²) in [7, 11) is 2.10. The first kappa shape index (κ1) is 12.0. The van der Waals surface area contributed by atoms with E-state index in [2.05, 4.69) is 42.8 Å². The minimum Gasteiger partial charge on any atom is -0.326 e. The van der Waals surface area contributed by atoms with Crippen molar-refractivity contribution in [3.63, 3.8) is 0 Å². The molecule has 0 amide bonds. The average molecular weight is 204 g/mol. The molecule has 0 bridgehead atoms. The summed E-state index contributed by atoms with van der Waals surface area (Å²) in [6.45, 7) is 8.47. The summed E-state index contributed by atoms with van der Waals surface area (Å²) in [5.74, 6) is 0. The van der Waals surface area contributed by atoms with Crippen LogP contribution in [0.5, 0.6) is 0 Å². The van der Waals surface area contributed by atoms with Crippen LogP contribution in [0.2, 0.25) is 0 Å². The second-order valence-electron chi connectivity index (χ2n) is 4.15. The summed E-state index contributed by atoms with van der Waals surface area (Å²) in [6.07, 6.45) is 0. The van der Waals surface area contributed by atoms with Crippen molar-refractivity contribution in [2.75, 3.05) is 13.6 Å². The molecule has 2 heteroatoms. The van der Waals surface area contributed by atoms with Gasteiger partial charge >= 0.3 is 0 Å². The quantitative estimate of drug-likeness (QED) is 0.745. The van der Waals surface area contributed by atoms with Crippen molar-refractivity contribution in [2.45, 2.75) is 20.0 Å². The van der Waals surface area contributed by atoms with Crippen LogP contribution >= 0.6 is 0 Å². The Hall–Kier alpha value is -1.12. The Morgan fingerprint density at radius 3 is 2.27 bits per heavy atom. The Labute approximate surface area is 92.4 Å². The van der Waals surface area contributed by atoms with Crippen LogP contribution in [0.4, 0.5) is 0 Å². The van der Waals surface area contributed by atoms with E-state index in [-0.39, 0.29) is 0 Å². The molecule has 1 rings (SSSR count). The minimum absolute atomic E-state index is 0.613. The van der Waals surface area contributed by atoms with Gasteiger partial charge in [-0.15, -0.1) is 0 Å². The van der Waals surface area contributed by atoms with E-state index in [1.165, 1.54) is 16.7 Å². The third-order valence-electron chi connectivity index (χ3n) is 2.25. The van der Waals surface area contributed by atoms with Gasteiger partial charge in [-0.25, -0.2) is 0 Å². The van der Waals surface area contributed by atoms with Gasteiger partial charge in [0.2, 0.25) is 0 Å². The summed E-state index contributed by atoms with van der Waals surface area (Å²) in [6, 6.07) is 8.45. The van der Waals surface area contributed by atoms with Gasteiger partial charge in [0.1, 0.15) is 0 Å². The van der Waals surface area contributed by atoms with Gasteiger partial charge < -0.3 is 5.73 Å². The molecule has 2 nitrogen and oxygen atoms in total. The first-order chi connectivity index (χ1) is 7.11. The van der Waals surface area contributed by atoms with Gasteiger partial charge in [0, 0.05) is 19.6 Å². The maximum atomic E-state index is 5.55. The molecule has 82 valence electrons. The number of hydrogen-bond acceptors (Lipinski definition) is 2. The Morgan fingerprint density at radius 1 is 1.27 bits per heavy atom. The zero-order valence-corrected chi connectivity index (χ0v) is 9.66. The molecule has 0 heterocycles. The molecule has 1 aromatic rings. The van der Waals surface area contributed by atoms with Gasteiger partial charge in [-0.3, -0.25) is 4.90 Å². The Bertz CT molecular complexity index is 314. The van der Waals surface area contributed by atoms with Crippen LogP contribution in [0.15, 0.2) is 36.4 Å². The molecular formula is C13H20N2. The summed E-state index contributed by atoms with van der Waals surface area (Å²) in [4.78, 5) is 2.25. The van der Waals surface area contributed by atoms with Crippen molar-refractivity contribution in [2.24, 2.45) is 5.73 Å². The molecule has 0 fully saturated rings. The zero-order valence-electron chi connectivity index (χ0n) is 9.66. The second-order valence-corrected chi connectivity index (χ2v) is 4.15. The lowest BCUT2D eigenvalue weighted by Crippen LogP contribution is -2.19. The second kappa shape index (κ2) is 5.69. The number of nitrogens with two attached hydrogens (primary N) is 1. The van der Waals surface area contributed by atoms with Crippen LogP contribution in [-0.4, -0.2) is 18.5 Å². The lowest BCUT2D eigenvalue weighted by molar-refractivity contribution is 0.355. The standard InChI is InChI=1S/C13H20N2/c1-11(2)9-15(3)10-13-6-4-12(8-14)5-7-13/h4-7H,1,8-10,14H2,2-3H3. The van der Waals surface area contributed by atoms with E-state index in [0.29, 0.717) is 6.54 Å². The van der Waals surface area contributed by atoms with Crippen LogP contribution in [0.1, 0.15) is 18.1 Å². The maximum Gasteiger partial charge on any atom is 0.0234 e. The molecule has 15 heavy (non-hydrogen) atoms. The van der Waals surface area contributed by atoms with Gasteiger partial charge in [0.05, 0.1) is 0 Å². The molecule has 0 saturated carbocycles. The Balaban J connectivity index is 2.53. The molecule has 0 atom stereocenters. The van der Waals surface area contributed by atoms with Crippen molar-refractivity contribution in [3.05, 3.63) is 47.5 Å². The smallest absolute Gasteiger partial charge is 0.0234 e. The summed E-state index contributed by atoms with van der Waals surface area (Å²) >= 11 is 0. The molecule has 0 unspecified atom stereocenters. The van der Waals surface area contributed by atoms with Crippen LogP contribution in [0, 0.1) is 0 Å². The highest BCUT2D eigenvalue weighted by atomic mass is 15.1. The van der Waals surface area contributed by atoms with E-state index in [1.807, 2.05) is 6.92 Å². The number of hydrogen-bond donors (Lipinski definition) is 1. The molecule has 0 saturated heterocycles. The van der Waals surface area contributed by atoms with E-state index < -0.39 is 0 Å². The highest BCUT2D eigenvalue weighted by molar-refractivity contribution is 5.22. The van der Waals surface area contributed by atoms with E-state index in [4.69, 9.17) is 5.73 Å². The Morgan fingerprint density at radius 2 is 1.80 bits per heavy atom. The van der Waals surface area contributed by atoms with Gasteiger partial charge in [0.15, 0.2) is 0 Å². The summed E-state index contributed by atoms with van der Waals surface area (Å²) in [5.41, 5.74) is 9.23. The highest BCUT2D eigenvalue weighted by Crippen LogP contribution is 2.07. The molecule has 2 N–H and O–H groups in total. The van der Waals surface area contributed by atoms with Crippen molar-refractivity contribution in [3.8, 4) is 0 Å². The van der Waals surface area contributed by atoms with Crippen LogP contribution in [-0.2, 0) is 13.1 Å². The molecule has 0 aliphatic heterocycles. The van der Waals surface area contributed by atoms with Gasteiger partial charge in [-0.05, 0) is 25.1 Å². The normalized spacial score (nSPS) is 10.7. The predicted molar refractivity (Wildman–Crippen MR) is 65.5 cm³/mol. The molecule has 0 aliphatic rings. The highest BCUT2D eigenvalue weighted by Gasteiger charge is 2.00. The van der Waals surface area contributed by atoms with E-state index >= 15 is 0 Å². The molecule has 1 aromatic carbocycles. The third kappa shape index (κ3) is 4.28. The van der Waals surface area contributed by atoms with Crippen molar-refractivity contribution < 1.29 is 0 Å². The number of nitrogens with zero attached hydrogens (tertiary/aromatic N) is 1. The van der Waals surface area contributed by atoms with Gasteiger partial charge in [-0.2, -0.15) is 0 Å². The first-order valence-corrected chi connectivity index (χ1v) is 5.22. The molecule has 0 spiro atoms. The number of rotatable bonds is 5. The zero-order chi connectivity index (χ0) is 11.3. The average Bonchev–Trinajstić information content (AvgIpc) is 2.17. The lowest BCUT2D eigenvalue weighted by Gasteiger charge is -2.16. The number of benzene rings is 1. The summed E-state index contributed by atoms with van der Waals surface area (Å²) in [5, 5.41) is 0. The predicted octanol–water partition coefficient (Wildman–Crippen LogP) is 2.15. The fourth-order valence-corrected chi connectivity index (χ4v) is 1.61. The van der Waals surface area contributed by atoms with E-state index in [1.54, 1.807) is 0 Å². The maximum absolute atomic E-state index is 5.55. The molecule has 0 aliphatic carbocycles. The van der Waals surface area contributed by atoms with E-state index in [9.17, 15) is 0 Å². The van der Waals surface area contributed by atoms with Crippen LogP contribution in [0.3, 0.4) is 0 Å². The molecular weight excluding hydrogens is 184 g/mol. The van der Waals surface area contributed by atoms with Gasteiger partial charge in [0.25, 0.3) is 0 Å². The van der Waals surface area contributed by atoms with Crippen LogP contribution < -0.4 is 5.73 Å². The molecule has 0 aromatic heterocycles. The first-order valence-electron chi connectivity index (χ1n) is 5.22. The fourth-order valence-electron chi connectivity index (χ4n) is 1.61. The van der Waals surface area contributed by atoms with Crippen molar-refractivity contribution in [1.82, 2.24) is 4.90 Å². The summed E-state index contributed by atoms with van der Waals surface area (Å²) < 4.78 is 0. The fraction of sp³-hybridized carbons (Fsp3) is 0.385. The largest absolute Gasteiger partial charge is 0.326 e. The SMILES string of the molecule is C=C(C)CN(C)Cc1ccc(CN)cc1. The monoisotopic (exact) mass is 204 g/mol. The van der Waals surface area contributed by atoms with Gasteiger partial charge in [-0.1, -0.05) is 36.4 Å². The number of likely N-dealkylation sites (N-methyl/N-ethyl adjacent to an activating group) is 1. The van der Waals surface area contributed by atoms with Crippen LogP contribution in [0.25, 0.3) is 0 Å². The van der Waals surface area contributed by atoms with Crippen molar-refractivity contribution >= 4 is 0 Å². The Kier molecular flexibility index (Phi) is 4.53. The topological polar surface area (TPSA) is 29.3 Å². The third-order valence-corrected chi connectivity index (χ3v) is 2.25.